The molecule has 130 valence electrons. The van der Waals surface area contributed by atoms with Gasteiger partial charge in [-0.2, -0.15) is 0 Å². The van der Waals surface area contributed by atoms with E-state index in [9.17, 15) is 4.79 Å². The largest absolute Gasteiger partial charge is 0.496 e. The molecule has 0 saturated carbocycles. The Bertz CT molecular complexity index is 934. The highest BCUT2D eigenvalue weighted by Gasteiger charge is 2.13. The zero-order chi connectivity index (χ0) is 17.8. The molecule has 0 amide bonds. The van der Waals surface area contributed by atoms with Gasteiger partial charge in [0.2, 0.25) is 0 Å². The predicted molar refractivity (Wildman–Crippen MR) is 103 cm³/mol. The third-order valence-electron chi connectivity index (χ3n) is 3.92. The summed E-state index contributed by atoms with van der Waals surface area (Å²) in [5.41, 5.74) is 1.87. The molecule has 0 atom stereocenters. The molecule has 3 rings (SSSR count). The molecule has 0 unspecified atom stereocenters. The zero-order valence-electron chi connectivity index (χ0n) is 14.7. The fourth-order valence-corrected chi connectivity index (χ4v) is 3.75. The normalized spacial score (nSPS) is 11.2. The van der Waals surface area contributed by atoms with E-state index >= 15 is 0 Å². The number of benzene rings is 2. The van der Waals surface area contributed by atoms with Gasteiger partial charge in [-0.15, -0.1) is 0 Å². The number of para-hydroxylation sites is 2. The van der Waals surface area contributed by atoms with Gasteiger partial charge in [-0.3, -0.25) is 9.36 Å². The van der Waals surface area contributed by atoms with Crippen molar-refractivity contribution in [3.05, 3.63) is 64.4 Å². The van der Waals surface area contributed by atoms with E-state index in [0.717, 1.165) is 22.0 Å². The Morgan fingerprint density at radius 2 is 1.84 bits per heavy atom. The molecule has 0 spiro atoms. The van der Waals surface area contributed by atoms with E-state index < -0.39 is 0 Å². The van der Waals surface area contributed by atoms with Crippen LogP contribution in [0.3, 0.4) is 0 Å². The van der Waals surface area contributed by atoms with Crippen LogP contribution >= 0.6 is 11.8 Å². The first kappa shape index (κ1) is 17.5. The minimum Gasteiger partial charge on any atom is -0.496 e. The van der Waals surface area contributed by atoms with Crippen LogP contribution < -0.4 is 10.3 Å². The Hall–Kier alpha value is -2.27. The van der Waals surface area contributed by atoms with Crippen molar-refractivity contribution in [3.63, 3.8) is 0 Å². The van der Waals surface area contributed by atoms with Crippen molar-refractivity contribution in [1.29, 1.82) is 0 Å². The van der Waals surface area contributed by atoms with Crippen LogP contribution in [0.4, 0.5) is 0 Å². The molecular formula is C20H22N2O2S. The molecule has 2 aromatic carbocycles. The Morgan fingerprint density at radius 1 is 1.12 bits per heavy atom. The van der Waals surface area contributed by atoms with Crippen molar-refractivity contribution in [2.24, 2.45) is 5.92 Å². The smallest absolute Gasteiger partial charge is 0.262 e. The second-order valence-corrected chi connectivity index (χ2v) is 7.26. The SMILES string of the molecule is COc1ccccc1CSc1nc2ccccc2c(=O)n1CC(C)C. The number of ether oxygens (including phenoxy) is 1. The maximum atomic E-state index is 12.9. The van der Waals surface area contributed by atoms with Crippen LogP contribution in [0.1, 0.15) is 19.4 Å². The number of fused-ring (bicyclic) bond motifs is 1. The molecule has 0 aliphatic heterocycles. The van der Waals surface area contributed by atoms with Crippen molar-refractivity contribution < 1.29 is 4.74 Å². The molecule has 0 aliphatic carbocycles. The fraction of sp³-hybridized carbons (Fsp3) is 0.300. The minimum absolute atomic E-state index is 0.0295. The van der Waals surface area contributed by atoms with Crippen LogP contribution in [0.15, 0.2) is 58.5 Å². The number of thioether (sulfide) groups is 1. The van der Waals surface area contributed by atoms with E-state index in [1.165, 1.54) is 0 Å². The van der Waals surface area contributed by atoms with Gasteiger partial charge in [-0.05, 0) is 24.1 Å². The molecule has 0 bridgehead atoms. The summed E-state index contributed by atoms with van der Waals surface area (Å²) in [6, 6.07) is 15.5. The van der Waals surface area contributed by atoms with Crippen molar-refractivity contribution in [3.8, 4) is 5.75 Å². The maximum Gasteiger partial charge on any atom is 0.262 e. The zero-order valence-corrected chi connectivity index (χ0v) is 15.5. The molecule has 3 aromatic rings. The Labute approximate surface area is 151 Å². The van der Waals surface area contributed by atoms with Gasteiger partial charge in [0.1, 0.15) is 5.75 Å². The first-order valence-electron chi connectivity index (χ1n) is 8.34. The van der Waals surface area contributed by atoms with E-state index in [1.807, 2.05) is 48.5 Å². The lowest BCUT2D eigenvalue weighted by atomic mass is 10.2. The summed E-state index contributed by atoms with van der Waals surface area (Å²) in [5.74, 6) is 1.92. The predicted octanol–water partition coefficient (Wildman–Crippen LogP) is 4.35. The molecule has 0 aliphatic rings. The van der Waals surface area contributed by atoms with Crippen LogP contribution in [-0.4, -0.2) is 16.7 Å². The van der Waals surface area contributed by atoms with Crippen molar-refractivity contribution >= 4 is 22.7 Å². The number of hydrogen-bond donors (Lipinski definition) is 0. The highest BCUT2D eigenvalue weighted by atomic mass is 32.2. The Kier molecular flexibility index (Phi) is 5.43. The van der Waals surface area contributed by atoms with Gasteiger partial charge in [0.25, 0.3) is 5.56 Å². The molecule has 4 nitrogen and oxygen atoms in total. The van der Waals surface area contributed by atoms with Gasteiger partial charge in [0.15, 0.2) is 5.16 Å². The molecular weight excluding hydrogens is 332 g/mol. The molecule has 0 saturated heterocycles. The number of hydrogen-bond acceptors (Lipinski definition) is 4. The Balaban J connectivity index is 2.00. The first-order valence-corrected chi connectivity index (χ1v) is 9.33. The number of methoxy groups -OCH3 is 1. The maximum absolute atomic E-state index is 12.9. The van der Waals surface area contributed by atoms with Crippen LogP contribution in [0.2, 0.25) is 0 Å². The summed E-state index contributed by atoms with van der Waals surface area (Å²) in [6.07, 6.45) is 0. The van der Waals surface area contributed by atoms with Crippen LogP contribution in [0, 0.1) is 5.92 Å². The van der Waals surface area contributed by atoms with Gasteiger partial charge in [0.05, 0.1) is 18.0 Å². The summed E-state index contributed by atoms with van der Waals surface area (Å²) < 4.78 is 7.22. The lowest BCUT2D eigenvalue weighted by molar-refractivity contribution is 0.411. The average Bonchev–Trinajstić information content (AvgIpc) is 2.62. The molecule has 5 heteroatoms. The monoisotopic (exact) mass is 354 g/mol. The van der Waals surface area contributed by atoms with E-state index in [2.05, 4.69) is 13.8 Å². The molecule has 25 heavy (non-hydrogen) atoms. The van der Waals surface area contributed by atoms with Gasteiger partial charge >= 0.3 is 0 Å². The average molecular weight is 354 g/mol. The van der Waals surface area contributed by atoms with Gasteiger partial charge in [-0.1, -0.05) is 55.9 Å². The minimum atomic E-state index is 0.0295. The molecule has 1 heterocycles. The summed E-state index contributed by atoms with van der Waals surface area (Å²) >= 11 is 1.57. The first-order chi connectivity index (χ1) is 12.1. The Morgan fingerprint density at radius 3 is 2.60 bits per heavy atom. The van der Waals surface area contributed by atoms with E-state index in [-0.39, 0.29) is 5.56 Å². The van der Waals surface area contributed by atoms with Gasteiger partial charge < -0.3 is 4.74 Å². The molecule has 1 aromatic heterocycles. The third kappa shape index (κ3) is 3.87. The lowest BCUT2D eigenvalue weighted by Gasteiger charge is -2.15. The molecule has 0 N–H and O–H groups in total. The number of nitrogens with zero attached hydrogens (tertiary/aromatic N) is 2. The van der Waals surface area contributed by atoms with Crippen molar-refractivity contribution in [2.75, 3.05) is 7.11 Å². The van der Waals surface area contributed by atoms with Crippen molar-refractivity contribution in [1.82, 2.24) is 9.55 Å². The summed E-state index contributed by atoms with van der Waals surface area (Å²) in [6.45, 7) is 4.87. The summed E-state index contributed by atoms with van der Waals surface area (Å²) in [7, 11) is 1.67. The van der Waals surface area contributed by atoms with Crippen molar-refractivity contribution in [2.45, 2.75) is 31.3 Å². The third-order valence-corrected chi connectivity index (χ3v) is 4.95. The van der Waals surface area contributed by atoms with Crippen LogP contribution in [0.25, 0.3) is 10.9 Å². The summed E-state index contributed by atoms with van der Waals surface area (Å²) in [5, 5.41) is 1.42. The topological polar surface area (TPSA) is 44.1 Å². The second-order valence-electron chi connectivity index (χ2n) is 6.32. The fourth-order valence-electron chi connectivity index (χ4n) is 2.75. The van der Waals surface area contributed by atoms with Gasteiger partial charge in [-0.25, -0.2) is 4.98 Å². The molecule has 0 radical (unpaired) electrons. The van der Waals surface area contributed by atoms with E-state index in [0.29, 0.717) is 23.6 Å². The quantitative estimate of drug-likeness (QED) is 0.487. The highest BCUT2D eigenvalue weighted by Crippen LogP contribution is 2.27. The molecule has 0 fully saturated rings. The highest BCUT2D eigenvalue weighted by molar-refractivity contribution is 7.98. The standard InChI is InChI=1S/C20H22N2O2S/c1-14(2)12-22-19(23)16-9-5-6-10-17(16)21-20(22)25-13-15-8-4-7-11-18(15)24-3/h4-11,14H,12-13H2,1-3H3. The lowest BCUT2D eigenvalue weighted by Crippen LogP contribution is -2.25. The van der Waals surface area contributed by atoms with E-state index in [4.69, 9.17) is 9.72 Å². The number of aromatic nitrogens is 2. The van der Waals surface area contributed by atoms with Gasteiger partial charge in [0, 0.05) is 17.9 Å². The summed E-state index contributed by atoms with van der Waals surface area (Å²) in [4.78, 5) is 17.6. The second kappa shape index (κ2) is 7.74. The number of rotatable bonds is 6. The van der Waals surface area contributed by atoms with Crippen LogP contribution in [-0.2, 0) is 12.3 Å². The van der Waals surface area contributed by atoms with E-state index in [1.54, 1.807) is 23.4 Å². The van der Waals surface area contributed by atoms with Crippen LogP contribution in [0.5, 0.6) is 5.75 Å².